The van der Waals surface area contributed by atoms with Gasteiger partial charge < -0.3 is 4.74 Å². The molecule has 5 nitrogen and oxygen atoms in total. The fourth-order valence-corrected chi connectivity index (χ4v) is 3.75. The lowest BCUT2D eigenvalue weighted by molar-refractivity contribution is -0.119. The van der Waals surface area contributed by atoms with E-state index in [1.165, 1.54) is 16.7 Å². The Kier molecular flexibility index (Phi) is 6.17. The van der Waals surface area contributed by atoms with E-state index in [1.54, 1.807) is 24.3 Å². The first-order valence-corrected chi connectivity index (χ1v) is 10.1. The highest BCUT2D eigenvalue weighted by atomic mass is 32.2. The van der Waals surface area contributed by atoms with Crippen LogP contribution in [0.5, 0.6) is 5.75 Å². The third-order valence-corrected chi connectivity index (χ3v) is 5.16. The summed E-state index contributed by atoms with van der Waals surface area (Å²) in [5.41, 5.74) is 2.03. The van der Waals surface area contributed by atoms with Crippen molar-refractivity contribution in [2.75, 3.05) is 17.3 Å². The summed E-state index contributed by atoms with van der Waals surface area (Å²) in [5, 5.41) is 8.96. The van der Waals surface area contributed by atoms with Gasteiger partial charge >= 0.3 is 0 Å². The number of nitrogens with zero attached hydrogens (tertiary/aromatic N) is 2. The molecular formula is C22H20N2O3S. The predicted molar refractivity (Wildman–Crippen MR) is 111 cm³/mol. The van der Waals surface area contributed by atoms with Crippen LogP contribution >= 0.6 is 11.8 Å². The van der Waals surface area contributed by atoms with Crippen LogP contribution in [0.3, 0.4) is 0 Å². The van der Waals surface area contributed by atoms with Gasteiger partial charge in [0.1, 0.15) is 5.75 Å². The van der Waals surface area contributed by atoms with Crippen LogP contribution in [0.2, 0.25) is 0 Å². The van der Waals surface area contributed by atoms with Crippen molar-refractivity contribution in [1.29, 1.82) is 5.26 Å². The maximum absolute atomic E-state index is 13.2. The van der Waals surface area contributed by atoms with Crippen LogP contribution in [-0.2, 0) is 9.59 Å². The number of imide groups is 1. The Hall–Kier alpha value is -3.04. The SMILES string of the molecule is CCCOc1ccc(C2=C(SCC)C(=O)N(c3ccc(C#N)cc3)C2=O)cc1. The van der Waals surface area contributed by atoms with E-state index < -0.39 is 0 Å². The van der Waals surface area contributed by atoms with Crippen molar-refractivity contribution in [2.24, 2.45) is 0 Å². The van der Waals surface area contributed by atoms with E-state index in [0.717, 1.165) is 12.2 Å². The lowest BCUT2D eigenvalue weighted by Gasteiger charge is -2.15. The Bertz CT molecular complexity index is 957. The van der Waals surface area contributed by atoms with Gasteiger partial charge in [0.15, 0.2) is 0 Å². The second-order valence-electron chi connectivity index (χ2n) is 6.11. The lowest BCUT2D eigenvalue weighted by atomic mass is 10.1. The Labute approximate surface area is 168 Å². The lowest BCUT2D eigenvalue weighted by Crippen LogP contribution is -2.31. The quantitative estimate of drug-likeness (QED) is 0.654. The molecule has 0 aromatic heterocycles. The first-order chi connectivity index (χ1) is 13.6. The number of amides is 2. The molecule has 3 rings (SSSR count). The summed E-state index contributed by atoms with van der Waals surface area (Å²) in [7, 11) is 0. The van der Waals surface area contributed by atoms with Crippen molar-refractivity contribution in [2.45, 2.75) is 20.3 Å². The molecular weight excluding hydrogens is 372 g/mol. The van der Waals surface area contributed by atoms with Gasteiger partial charge in [0.25, 0.3) is 11.8 Å². The summed E-state index contributed by atoms with van der Waals surface area (Å²) in [4.78, 5) is 27.8. The molecule has 0 saturated carbocycles. The van der Waals surface area contributed by atoms with Crippen molar-refractivity contribution in [1.82, 2.24) is 0 Å². The molecule has 142 valence electrons. The highest BCUT2D eigenvalue weighted by Crippen LogP contribution is 2.38. The number of benzene rings is 2. The van der Waals surface area contributed by atoms with E-state index in [0.29, 0.717) is 39.7 Å². The van der Waals surface area contributed by atoms with Crippen LogP contribution in [0.15, 0.2) is 53.4 Å². The third kappa shape index (κ3) is 3.80. The zero-order valence-electron chi connectivity index (χ0n) is 15.8. The average Bonchev–Trinajstić information content (AvgIpc) is 2.97. The molecule has 0 radical (unpaired) electrons. The third-order valence-electron chi connectivity index (χ3n) is 4.20. The highest BCUT2D eigenvalue weighted by molar-refractivity contribution is 8.04. The maximum atomic E-state index is 13.2. The van der Waals surface area contributed by atoms with Gasteiger partial charge in [0.2, 0.25) is 0 Å². The molecule has 0 unspecified atom stereocenters. The highest BCUT2D eigenvalue weighted by Gasteiger charge is 2.39. The first-order valence-electron chi connectivity index (χ1n) is 9.10. The van der Waals surface area contributed by atoms with Gasteiger partial charge in [0, 0.05) is 0 Å². The average molecular weight is 392 g/mol. The molecule has 0 saturated heterocycles. The fourth-order valence-electron chi connectivity index (χ4n) is 2.90. The number of rotatable bonds is 7. The molecule has 1 aliphatic heterocycles. The number of hydrogen-bond donors (Lipinski definition) is 0. The summed E-state index contributed by atoms with van der Waals surface area (Å²) < 4.78 is 5.60. The Morgan fingerprint density at radius 2 is 1.68 bits per heavy atom. The largest absolute Gasteiger partial charge is 0.494 e. The van der Waals surface area contributed by atoms with E-state index in [-0.39, 0.29) is 11.8 Å². The zero-order chi connectivity index (χ0) is 20.1. The minimum Gasteiger partial charge on any atom is -0.494 e. The van der Waals surface area contributed by atoms with Gasteiger partial charge in [-0.15, -0.1) is 11.8 Å². The van der Waals surface area contributed by atoms with E-state index in [9.17, 15) is 9.59 Å². The second-order valence-corrected chi connectivity index (χ2v) is 7.39. The number of hydrogen-bond acceptors (Lipinski definition) is 5. The molecule has 2 aromatic carbocycles. The Morgan fingerprint density at radius 1 is 1.00 bits per heavy atom. The number of carbonyl (C=O) groups is 2. The summed E-state index contributed by atoms with van der Waals surface area (Å²) >= 11 is 1.36. The topological polar surface area (TPSA) is 70.4 Å². The molecule has 28 heavy (non-hydrogen) atoms. The van der Waals surface area contributed by atoms with E-state index in [2.05, 4.69) is 0 Å². The molecule has 6 heteroatoms. The molecule has 0 fully saturated rings. The van der Waals surface area contributed by atoms with Crippen molar-refractivity contribution in [3.05, 3.63) is 64.6 Å². The van der Waals surface area contributed by atoms with Gasteiger partial charge in [-0.3, -0.25) is 9.59 Å². The van der Waals surface area contributed by atoms with Gasteiger partial charge in [-0.25, -0.2) is 4.90 Å². The number of thioether (sulfide) groups is 1. The predicted octanol–water partition coefficient (Wildman–Crippen LogP) is 4.38. The molecule has 2 amide bonds. The Morgan fingerprint density at radius 3 is 2.25 bits per heavy atom. The number of carbonyl (C=O) groups excluding carboxylic acids is 2. The molecule has 0 atom stereocenters. The van der Waals surface area contributed by atoms with Crippen LogP contribution < -0.4 is 9.64 Å². The van der Waals surface area contributed by atoms with Crippen molar-refractivity contribution < 1.29 is 14.3 Å². The molecule has 0 N–H and O–H groups in total. The molecule has 0 bridgehead atoms. The normalized spacial score (nSPS) is 13.8. The molecule has 1 aliphatic rings. The van der Waals surface area contributed by atoms with Crippen molar-refractivity contribution in [3.63, 3.8) is 0 Å². The van der Waals surface area contributed by atoms with E-state index in [1.807, 2.05) is 44.2 Å². The first kappa shape index (κ1) is 19.7. The smallest absolute Gasteiger partial charge is 0.272 e. The van der Waals surface area contributed by atoms with Crippen molar-refractivity contribution in [3.8, 4) is 11.8 Å². The summed E-state index contributed by atoms with van der Waals surface area (Å²) in [6.07, 6.45) is 0.913. The Balaban J connectivity index is 1.96. The van der Waals surface area contributed by atoms with Gasteiger partial charge in [-0.2, -0.15) is 5.26 Å². The molecule has 2 aromatic rings. The minimum absolute atomic E-state index is 0.331. The van der Waals surface area contributed by atoms with Crippen LogP contribution in [0.4, 0.5) is 5.69 Å². The maximum Gasteiger partial charge on any atom is 0.272 e. The van der Waals surface area contributed by atoms with Crippen LogP contribution in [-0.4, -0.2) is 24.2 Å². The monoisotopic (exact) mass is 392 g/mol. The number of ether oxygens (including phenoxy) is 1. The van der Waals surface area contributed by atoms with Crippen LogP contribution in [0.25, 0.3) is 5.57 Å². The van der Waals surface area contributed by atoms with E-state index in [4.69, 9.17) is 10.00 Å². The molecule has 0 spiro atoms. The van der Waals surface area contributed by atoms with Gasteiger partial charge in [0.05, 0.1) is 34.4 Å². The second kappa shape index (κ2) is 8.77. The fraction of sp³-hybridized carbons (Fsp3) is 0.227. The van der Waals surface area contributed by atoms with Crippen molar-refractivity contribution >= 4 is 34.8 Å². The van der Waals surface area contributed by atoms with Crippen LogP contribution in [0.1, 0.15) is 31.4 Å². The van der Waals surface area contributed by atoms with Crippen LogP contribution in [0, 0.1) is 11.3 Å². The molecule has 1 heterocycles. The number of anilines is 1. The standard InChI is InChI=1S/C22H20N2O3S/c1-3-13-27-18-11-7-16(8-12-18)19-20(28-4-2)22(26)24(21(19)25)17-9-5-15(14-23)6-10-17/h5-12H,3-4,13H2,1-2H3. The zero-order valence-corrected chi connectivity index (χ0v) is 16.6. The molecule has 0 aliphatic carbocycles. The summed E-state index contributed by atoms with van der Waals surface area (Å²) in [6.45, 7) is 4.61. The van der Waals surface area contributed by atoms with Gasteiger partial charge in [-0.05, 0) is 54.1 Å². The minimum atomic E-state index is -0.354. The summed E-state index contributed by atoms with van der Waals surface area (Å²) in [6, 6.07) is 15.7. The summed E-state index contributed by atoms with van der Waals surface area (Å²) in [5.74, 6) is 0.726. The van der Waals surface area contributed by atoms with E-state index >= 15 is 0 Å². The van der Waals surface area contributed by atoms with Gasteiger partial charge in [-0.1, -0.05) is 26.0 Å². The number of nitriles is 1.